The number of hydrogen-bond acceptors (Lipinski definition) is 3. The number of nitrogens with one attached hydrogen (secondary N) is 1. The van der Waals surface area contributed by atoms with E-state index in [0.29, 0.717) is 0 Å². The second kappa shape index (κ2) is 7.79. The highest BCUT2D eigenvalue weighted by Gasteiger charge is 2.29. The molecule has 0 aliphatic carbocycles. The first-order valence-corrected chi connectivity index (χ1v) is 7.28. The van der Waals surface area contributed by atoms with Crippen molar-refractivity contribution in [3.05, 3.63) is 17.0 Å². The van der Waals surface area contributed by atoms with Crippen LogP contribution in [0, 0.1) is 13.8 Å². The first-order chi connectivity index (χ1) is 9.80. The second-order valence-electron chi connectivity index (χ2n) is 5.02. The van der Waals surface area contributed by atoms with Gasteiger partial charge in [0.15, 0.2) is 0 Å². The largest absolute Gasteiger partial charge is 0.522 e. The van der Waals surface area contributed by atoms with Gasteiger partial charge in [0.1, 0.15) is 0 Å². The van der Waals surface area contributed by atoms with Gasteiger partial charge in [0.25, 0.3) is 0 Å². The van der Waals surface area contributed by atoms with Crippen LogP contribution in [-0.4, -0.2) is 29.3 Å². The topological polar surface area (TPSA) is 39.1 Å². The van der Waals surface area contributed by atoms with Crippen LogP contribution in [0.2, 0.25) is 0 Å². The van der Waals surface area contributed by atoms with Gasteiger partial charge in [0.2, 0.25) is 0 Å². The Morgan fingerprint density at radius 3 is 2.48 bits per heavy atom. The molecular formula is C14H24F3N3O. The molecule has 7 heteroatoms. The fraction of sp³-hybridized carbons (Fsp3) is 0.786. The highest BCUT2D eigenvalue weighted by atomic mass is 19.4. The van der Waals surface area contributed by atoms with Crippen LogP contribution in [0.3, 0.4) is 0 Å². The molecule has 0 saturated heterocycles. The molecule has 1 N–H and O–H groups in total. The van der Waals surface area contributed by atoms with E-state index in [2.05, 4.69) is 29.0 Å². The summed E-state index contributed by atoms with van der Waals surface area (Å²) in [6.45, 7) is 8.52. The summed E-state index contributed by atoms with van der Waals surface area (Å²) < 4.78 is 41.4. The summed E-state index contributed by atoms with van der Waals surface area (Å²) in [5, 5.41) is 7.78. The van der Waals surface area contributed by atoms with Crippen LogP contribution in [0.1, 0.15) is 49.7 Å². The van der Waals surface area contributed by atoms with Crippen molar-refractivity contribution in [2.75, 3.05) is 13.2 Å². The molecule has 0 spiro atoms. The fourth-order valence-electron chi connectivity index (χ4n) is 2.45. The van der Waals surface area contributed by atoms with Crippen molar-refractivity contribution in [1.82, 2.24) is 15.1 Å². The molecule has 0 fully saturated rings. The number of alkyl halides is 3. The van der Waals surface area contributed by atoms with E-state index in [0.717, 1.165) is 36.3 Å². The van der Waals surface area contributed by atoms with Crippen LogP contribution >= 0.6 is 0 Å². The van der Waals surface area contributed by atoms with Gasteiger partial charge in [-0.05, 0) is 33.2 Å². The predicted octanol–water partition coefficient (Wildman–Crippen LogP) is 3.49. The number of hydrogen-bond donors (Lipinski definition) is 1. The van der Waals surface area contributed by atoms with E-state index in [-0.39, 0.29) is 12.6 Å². The monoisotopic (exact) mass is 307 g/mol. The smallest absolute Gasteiger partial charge is 0.310 e. The quantitative estimate of drug-likeness (QED) is 0.799. The van der Waals surface area contributed by atoms with E-state index in [4.69, 9.17) is 0 Å². The molecule has 21 heavy (non-hydrogen) atoms. The summed E-state index contributed by atoms with van der Waals surface area (Å²) in [6.07, 6.45) is -2.65. The molecule has 1 unspecified atom stereocenters. The molecular weight excluding hydrogens is 283 g/mol. The third-order valence-electron chi connectivity index (χ3n) is 3.40. The molecule has 1 rings (SSSR count). The zero-order valence-corrected chi connectivity index (χ0v) is 13.0. The Kier molecular flexibility index (Phi) is 6.67. The SMILES string of the molecule is CCCNC(CC)c1c(C)nn(CCOC(F)(F)F)c1C. The normalized spacial score (nSPS) is 13.7. The summed E-state index contributed by atoms with van der Waals surface area (Å²) in [6, 6.07) is 0.183. The molecule has 0 aliphatic heterocycles. The molecule has 1 aromatic rings. The summed E-state index contributed by atoms with van der Waals surface area (Å²) in [4.78, 5) is 0. The van der Waals surface area contributed by atoms with Crippen molar-refractivity contribution in [3.8, 4) is 0 Å². The van der Waals surface area contributed by atoms with E-state index >= 15 is 0 Å². The Labute approximate surface area is 123 Å². The van der Waals surface area contributed by atoms with Crippen molar-refractivity contribution >= 4 is 0 Å². The average molecular weight is 307 g/mol. The van der Waals surface area contributed by atoms with Gasteiger partial charge in [-0.15, -0.1) is 13.2 Å². The lowest BCUT2D eigenvalue weighted by molar-refractivity contribution is -0.325. The van der Waals surface area contributed by atoms with E-state index < -0.39 is 13.0 Å². The van der Waals surface area contributed by atoms with Gasteiger partial charge in [0.05, 0.1) is 18.8 Å². The lowest BCUT2D eigenvalue weighted by Gasteiger charge is -2.17. The van der Waals surface area contributed by atoms with Gasteiger partial charge >= 0.3 is 6.36 Å². The van der Waals surface area contributed by atoms with E-state index in [9.17, 15) is 13.2 Å². The van der Waals surface area contributed by atoms with Crippen molar-refractivity contribution in [2.24, 2.45) is 0 Å². The molecule has 122 valence electrons. The maximum atomic E-state index is 12.0. The van der Waals surface area contributed by atoms with E-state index in [1.165, 1.54) is 0 Å². The molecule has 4 nitrogen and oxygen atoms in total. The molecule has 0 aromatic carbocycles. The molecule has 0 amide bonds. The molecule has 0 radical (unpaired) electrons. The number of halogens is 3. The Hall–Kier alpha value is -1.08. The number of rotatable bonds is 8. The molecule has 1 heterocycles. The van der Waals surface area contributed by atoms with Crippen LogP contribution in [0.15, 0.2) is 0 Å². The maximum absolute atomic E-state index is 12.0. The van der Waals surface area contributed by atoms with Crippen LogP contribution in [0.4, 0.5) is 13.2 Å². The van der Waals surface area contributed by atoms with Gasteiger partial charge in [-0.25, -0.2) is 0 Å². The highest BCUT2D eigenvalue weighted by Crippen LogP contribution is 2.24. The molecule has 0 aliphatic rings. The molecule has 0 saturated carbocycles. The van der Waals surface area contributed by atoms with E-state index in [1.54, 1.807) is 4.68 Å². The number of ether oxygens (including phenoxy) is 1. The summed E-state index contributed by atoms with van der Waals surface area (Å²) in [5.74, 6) is 0. The van der Waals surface area contributed by atoms with Gasteiger partial charge < -0.3 is 5.32 Å². The minimum absolute atomic E-state index is 0.0936. The zero-order chi connectivity index (χ0) is 16.0. The fourth-order valence-corrected chi connectivity index (χ4v) is 2.45. The minimum atomic E-state index is -4.59. The lowest BCUT2D eigenvalue weighted by Crippen LogP contribution is -2.23. The Balaban J connectivity index is 2.79. The first kappa shape index (κ1) is 18.0. The van der Waals surface area contributed by atoms with Gasteiger partial charge in [-0.3, -0.25) is 9.42 Å². The van der Waals surface area contributed by atoms with E-state index in [1.807, 2.05) is 13.8 Å². The first-order valence-electron chi connectivity index (χ1n) is 7.28. The summed E-state index contributed by atoms with van der Waals surface area (Å²) >= 11 is 0. The average Bonchev–Trinajstić information content (AvgIpc) is 2.66. The summed E-state index contributed by atoms with van der Waals surface area (Å²) in [5.41, 5.74) is 2.83. The van der Waals surface area contributed by atoms with Crippen molar-refractivity contribution in [3.63, 3.8) is 0 Å². The predicted molar refractivity (Wildman–Crippen MR) is 75.0 cm³/mol. The second-order valence-corrected chi connectivity index (χ2v) is 5.02. The van der Waals surface area contributed by atoms with Crippen LogP contribution in [-0.2, 0) is 11.3 Å². The van der Waals surface area contributed by atoms with Crippen molar-refractivity contribution in [1.29, 1.82) is 0 Å². The molecule has 0 bridgehead atoms. The standard InChI is InChI=1S/C14H24F3N3O/c1-5-7-18-12(6-2)13-10(3)19-20(11(13)4)8-9-21-14(15,16)17/h12,18H,5-9H2,1-4H3. The Morgan fingerprint density at radius 2 is 1.95 bits per heavy atom. The zero-order valence-electron chi connectivity index (χ0n) is 13.0. The Bertz CT molecular complexity index is 443. The summed E-state index contributed by atoms with van der Waals surface area (Å²) in [7, 11) is 0. The van der Waals surface area contributed by atoms with Gasteiger partial charge in [-0.1, -0.05) is 13.8 Å². The van der Waals surface area contributed by atoms with Gasteiger partial charge in [-0.2, -0.15) is 5.10 Å². The number of aryl methyl sites for hydroxylation is 1. The Morgan fingerprint density at radius 1 is 1.29 bits per heavy atom. The van der Waals surface area contributed by atoms with Crippen LogP contribution in [0.25, 0.3) is 0 Å². The van der Waals surface area contributed by atoms with Crippen molar-refractivity contribution in [2.45, 2.75) is 59.5 Å². The molecule has 1 aromatic heterocycles. The van der Waals surface area contributed by atoms with Crippen LogP contribution in [0.5, 0.6) is 0 Å². The third kappa shape index (κ3) is 5.32. The lowest BCUT2D eigenvalue weighted by atomic mass is 10.0. The molecule has 1 atom stereocenters. The third-order valence-corrected chi connectivity index (χ3v) is 3.40. The maximum Gasteiger partial charge on any atom is 0.522 e. The minimum Gasteiger partial charge on any atom is -0.310 e. The van der Waals surface area contributed by atoms with Crippen LogP contribution < -0.4 is 5.32 Å². The van der Waals surface area contributed by atoms with Crippen molar-refractivity contribution < 1.29 is 17.9 Å². The number of aromatic nitrogens is 2. The number of nitrogens with zero attached hydrogens (tertiary/aromatic N) is 2. The van der Waals surface area contributed by atoms with Gasteiger partial charge in [0, 0.05) is 17.3 Å². The highest BCUT2D eigenvalue weighted by molar-refractivity contribution is 5.28.